The Morgan fingerprint density at radius 2 is 1.83 bits per heavy atom. The maximum absolute atomic E-state index is 12.5. The first-order valence-corrected chi connectivity index (χ1v) is 7.44. The second kappa shape index (κ2) is 6.70. The molecule has 23 heavy (non-hydrogen) atoms. The molecule has 0 bridgehead atoms. The highest BCUT2D eigenvalue weighted by molar-refractivity contribution is 5.28. The van der Waals surface area contributed by atoms with Crippen LogP contribution in [-0.2, 0) is 11.6 Å². The van der Waals surface area contributed by atoms with Crippen molar-refractivity contribution < 1.29 is 18.3 Å². The highest BCUT2D eigenvalue weighted by Crippen LogP contribution is 2.30. The van der Waals surface area contributed by atoms with E-state index in [9.17, 15) is 13.2 Å². The van der Waals surface area contributed by atoms with Gasteiger partial charge in [-0.2, -0.15) is 18.3 Å². The molecular formula is C16H20F3N3O. The topological polar surface area (TPSA) is 50.9 Å². The molecule has 2 heterocycles. The summed E-state index contributed by atoms with van der Waals surface area (Å²) in [6.45, 7) is 4.32. The summed E-state index contributed by atoms with van der Waals surface area (Å²) < 4.78 is 39.1. The van der Waals surface area contributed by atoms with Gasteiger partial charge < -0.3 is 5.11 Å². The monoisotopic (exact) mass is 327 g/mol. The van der Waals surface area contributed by atoms with Crippen molar-refractivity contribution >= 4 is 0 Å². The molecule has 0 atom stereocenters. The van der Waals surface area contributed by atoms with Gasteiger partial charge in [0.25, 0.3) is 0 Å². The number of aromatic nitrogens is 3. The average molecular weight is 327 g/mol. The number of nitrogens with zero attached hydrogens (tertiary/aromatic N) is 3. The van der Waals surface area contributed by atoms with Crippen LogP contribution in [0.4, 0.5) is 13.2 Å². The third-order valence-electron chi connectivity index (χ3n) is 3.88. The third kappa shape index (κ3) is 4.31. The van der Waals surface area contributed by atoms with E-state index in [1.165, 1.54) is 10.7 Å². The zero-order valence-corrected chi connectivity index (χ0v) is 13.1. The van der Waals surface area contributed by atoms with Crippen LogP contribution in [0.2, 0.25) is 0 Å². The number of alkyl halides is 3. The lowest BCUT2D eigenvalue weighted by Crippen LogP contribution is -2.16. The zero-order chi connectivity index (χ0) is 17.1. The fourth-order valence-electron chi connectivity index (χ4n) is 2.31. The minimum atomic E-state index is -4.39. The zero-order valence-electron chi connectivity index (χ0n) is 13.1. The maximum atomic E-state index is 12.5. The predicted octanol–water partition coefficient (Wildman–Crippen LogP) is 3.73. The standard InChI is InChI=1S/C16H20F3N3O/c1-15(2,7-3-4-8-23)13-10-21-22(11-13)14-6-5-12(9-20-14)16(17,18)19/h5-6,9-11,23H,3-4,7-8H2,1-2H3. The van der Waals surface area contributed by atoms with Gasteiger partial charge in [0.15, 0.2) is 5.82 Å². The van der Waals surface area contributed by atoms with Gasteiger partial charge in [0.2, 0.25) is 0 Å². The largest absolute Gasteiger partial charge is 0.417 e. The number of pyridine rings is 1. The van der Waals surface area contributed by atoms with E-state index in [4.69, 9.17) is 5.11 Å². The highest BCUT2D eigenvalue weighted by Gasteiger charge is 2.30. The van der Waals surface area contributed by atoms with Crippen molar-refractivity contribution in [2.45, 2.75) is 44.7 Å². The first-order chi connectivity index (χ1) is 10.7. The molecule has 0 radical (unpaired) electrons. The minimum Gasteiger partial charge on any atom is -0.396 e. The van der Waals surface area contributed by atoms with Gasteiger partial charge in [-0.25, -0.2) is 9.67 Å². The molecule has 0 saturated heterocycles. The van der Waals surface area contributed by atoms with Crippen LogP contribution in [0.1, 0.15) is 44.2 Å². The SMILES string of the molecule is CC(C)(CCCCO)c1cnn(-c2ccc(C(F)(F)F)cn2)c1. The molecule has 0 aliphatic rings. The Kier molecular flexibility index (Phi) is 5.09. The second-order valence-corrected chi connectivity index (χ2v) is 6.14. The number of hydrogen-bond acceptors (Lipinski definition) is 3. The first-order valence-electron chi connectivity index (χ1n) is 7.44. The number of aliphatic hydroxyl groups is 1. The summed E-state index contributed by atoms with van der Waals surface area (Å²) in [5.74, 6) is 0.343. The number of aliphatic hydroxyl groups excluding tert-OH is 1. The normalized spacial score (nSPS) is 12.6. The third-order valence-corrected chi connectivity index (χ3v) is 3.88. The van der Waals surface area contributed by atoms with Crippen molar-refractivity contribution in [3.63, 3.8) is 0 Å². The number of hydrogen-bond donors (Lipinski definition) is 1. The Balaban J connectivity index is 2.15. The molecule has 0 saturated carbocycles. The molecule has 126 valence electrons. The van der Waals surface area contributed by atoms with Crippen molar-refractivity contribution in [3.8, 4) is 5.82 Å². The molecule has 2 rings (SSSR count). The Morgan fingerprint density at radius 1 is 1.09 bits per heavy atom. The van der Waals surface area contributed by atoms with Crippen LogP contribution in [0.15, 0.2) is 30.7 Å². The lowest BCUT2D eigenvalue weighted by Gasteiger charge is -2.22. The minimum absolute atomic E-state index is 0.126. The lowest BCUT2D eigenvalue weighted by molar-refractivity contribution is -0.137. The van der Waals surface area contributed by atoms with Gasteiger partial charge in [0, 0.05) is 19.0 Å². The van der Waals surface area contributed by atoms with Gasteiger partial charge in [0.05, 0.1) is 11.8 Å². The fraction of sp³-hybridized carbons (Fsp3) is 0.500. The summed E-state index contributed by atoms with van der Waals surface area (Å²) in [7, 11) is 0. The molecule has 0 fully saturated rings. The Hall–Kier alpha value is -1.89. The molecule has 0 aromatic carbocycles. The van der Waals surface area contributed by atoms with Crippen LogP contribution >= 0.6 is 0 Å². The molecule has 0 unspecified atom stereocenters. The first kappa shape index (κ1) is 17.5. The molecule has 1 N–H and O–H groups in total. The second-order valence-electron chi connectivity index (χ2n) is 6.14. The fourth-order valence-corrected chi connectivity index (χ4v) is 2.31. The summed E-state index contributed by atoms with van der Waals surface area (Å²) in [5, 5.41) is 13.1. The van der Waals surface area contributed by atoms with Gasteiger partial charge in [-0.1, -0.05) is 20.3 Å². The molecule has 0 spiro atoms. The summed E-state index contributed by atoms with van der Waals surface area (Å²) >= 11 is 0. The van der Waals surface area contributed by atoms with Crippen molar-refractivity contribution in [1.82, 2.24) is 14.8 Å². The van der Waals surface area contributed by atoms with Crippen LogP contribution in [0.25, 0.3) is 5.82 Å². The van der Waals surface area contributed by atoms with E-state index in [1.54, 1.807) is 12.4 Å². The lowest BCUT2D eigenvalue weighted by atomic mass is 9.82. The summed E-state index contributed by atoms with van der Waals surface area (Å²) in [6, 6.07) is 2.30. The Labute approximate surface area is 133 Å². The molecule has 2 aromatic rings. The number of rotatable bonds is 6. The van der Waals surface area contributed by atoms with E-state index in [0.717, 1.165) is 37.1 Å². The summed E-state index contributed by atoms with van der Waals surface area (Å²) in [6.07, 6.45) is 2.44. The summed E-state index contributed by atoms with van der Waals surface area (Å²) in [5.41, 5.74) is 0.0781. The predicted molar refractivity (Wildman–Crippen MR) is 80.3 cm³/mol. The maximum Gasteiger partial charge on any atom is 0.417 e. The van der Waals surface area contributed by atoms with Gasteiger partial charge in [-0.3, -0.25) is 0 Å². The van der Waals surface area contributed by atoms with Gasteiger partial charge >= 0.3 is 6.18 Å². The molecule has 0 aliphatic carbocycles. The molecule has 4 nitrogen and oxygen atoms in total. The van der Waals surface area contributed by atoms with Crippen molar-refractivity contribution in [3.05, 3.63) is 41.9 Å². The van der Waals surface area contributed by atoms with Crippen LogP contribution < -0.4 is 0 Å². The van der Waals surface area contributed by atoms with Crippen LogP contribution in [-0.4, -0.2) is 26.5 Å². The molecule has 0 aliphatic heterocycles. The van der Waals surface area contributed by atoms with E-state index < -0.39 is 11.7 Å². The quantitative estimate of drug-likeness (QED) is 0.823. The number of unbranched alkanes of at least 4 members (excludes halogenated alkanes) is 1. The highest BCUT2D eigenvalue weighted by atomic mass is 19.4. The van der Waals surface area contributed by atoms with Crippen molar-refractivity contribution in [2.24, 2.45) is 0 Å². The molecule has 0 amide bonds. The van der Waals surface area contributed by atoms with Gasteiger partial charge in [-0.15, -0.1) is 0 Å². The van der Waals surface area contributed by atoms with E-state index in [-0.39, 0.29) is 12.0 Å². The van der Waals surface area contributed by atoms with E-state index >= 15 is 0 Å². The Morgan fingerprint density at radius 3 is 2.39 bits per heavy atom. The van der Waals surface area contributed by atoms with Crippen molar-refractivity contribution in [1.29, 1.82) is 0 Å². The van der Waals surface area contributed by atoms with E-state index in [1.807, 2.05) is 0 Å². The van der Waals surface area contributed by atoms with Gasteiger partial charge in [0.1, 0.15) is 0 Å². The molecule has 7 heteroatoms. The van der Waals surface area contributed by atoms with E-state index in [2.05, 4.69) is 23.9 Å². The number of halogens is 3. The average Bonchev–Trinajstić information content (AvgIpc) is 2.97. The summed E-state index contributed by atoms with van der Waals surface area (Å²) in [4.78, 5) is 3.83. The molecular weight excluding hydrogens is 307 g/mol. The van der Waals surface area contributed by atoms with Crippen LogP contribution in [0.5, 0.6) is 0 Å². The van der Waals surface area contributed by atoms with Gasteiger partial charge in [-0.05, 0) is 36.0 Å². The Bertz CT molecular complexity index is 633. The van der Waals surface area contributed by atoms with Crippen molar-refractivity contribution in [2.75, 3.05) is 6.61 Å². The van der Waals surface area contributed by atoms with Crippen LogP contribution in [0.3, 0.4) is 0 Å². The van der Waals surface area contributed by atoms with E-state index in [0.29, 0.717) is 5.82 Å². The molecule has 2 aromatic heterocycles. The van der Waals surface area contributed by atoms with Crippen LogP contribution in [0, 0.1) is 0 Å². The smallest absolute Gasteiger partial charge is 0.396 e.